The maximum Gasteiger partial charge on any atom is 0.290 e. The third-order valence-corrected chi connectivity index (χ3v) is 7.19. The number of amides is 1. The summed E-state index contributed by atoms with van der Waals surface area (Å²) in [5.41, 5.74) is 0.632. The van der Waals surface area contributed by atoms with Crippen LogP contribution in [0.2, 0.25) is 0 Å². The first-order valence-corrected chi connectivity index (χ1v) is 13.5. The molecule has 0 unspecified atom stereocenters. The first kappa shape index (κ1) is 25.0. The molecule has 44 heavy (non-hydrogen) atoms. The number of methoxy groups -OCH3 is 1. The molecule has 0 saturated heterocycles. The number of aryl methyl sites for hydroxylation is 3. The summed E-state index contributed by atoms with van der Waals surface area (Å²) >= 11 is 0. The second-order valence-electron chi connectivity index (χ2n) is 10.0. The number of hydrogen-bond donors (Lipinski definition) is 2. The molecular formula is C31H28FN7O5. The zero-order chi connectivity index (χ0) is 33.6. The summed E-state index contributed by atoms with van der Waals surface area (Å²) in [5, 5.41) is 2.67. The van der Waals surface area contributed by atoms with Crippen molar-refractivity contribution in [1.82, 2.24) is 29.1 Å². The molecule has 2 aromatic carbocycles. The summed E-state index contributed by atoms with van der Waals surface area (Å²) in [4.78, 5) is 51.7. The molecule has 0 spiro atoms. The van der Waals surface area contributed by atoms with Crippen LogP contribution in [0.15, 0.2) is 75.0 Å². The Morgan fingerprint density at radius 3 is 2.64 bits per heavy atom. The Labute approximate surface area is 253 Å². The van der Waals surface area contributed by atoms with Gasteiger partial charge in [-0.3, -0.25) is 19.1 Å². The quantitative estimate of drug-likeness (QED) is 0.267. The van der Waals surface area contributed by atoms with Gasteiger partial charge in [0.1, 0.15) is 17.1 Å². The van der Waals surface area contributed by atoms with Gasteiger partial charge in [0.15, 0.2) is 11.5 Å². The highest BCUT2D eigenvalue weighted by Crippen LogP contribution is 2.27. The standard InChI is InChI=1S/C31H28FN7O5/c1-17-16-22-27(26(35-17)29(40)36-23-7-5-6-21(25(23)32)28-33-12-13-34-28)38(14-15-43-4)39(30(22)41)20-10-8-19(9-11-20)24-18(2)44-37(3)31(24)42/h5-13,16H,14-15H2,1-4H3,(H,33,34)(H,36,40)/i4D3. The predicted molar refractivity (Wildman–Crippen MR) is 162 cm³/mol. The van der Waals surface area contributed by atoms with Gasteiger partial charge < -0.3 is 19.6 Å². The van der Waals surface area contributed by atoms with E-state index in [0.29, 0.717) is 28.3 Å². The number of fused-ring (bicyclic) bond motifs is 1. The van der Waals surface area contributed by atoms with Crippen LogP contribution in [0.3, 0.4) is 0 Å². The Bertz CT molecular complexity index is 2250. The van der Waals surface area contributed by atoms with Gasteiger partial charge in [0.2, 0.25) is 0 Å². The van der Waals surface area contributed by atoms with Gasteiger partial charge in [0.25, 0.3) is 17.0 Å². The van der Waals surface area contributed by atoms with E-state index in [1.165, 1.54) is 40.8 Å². The number of benzene rings is 2. The van der Waals surface area contributed by atoms with E-state index in [1.54, 1.807) is 50.4 Å². The molecule has 4 aromatic heterocycles. The van der Waals surface area contributed by atoms with Crippen LogP contribution in [0.25, 0.3) is 39.1 Å². The molecule has 6 aromatic rings. The van der Waals surface area contributed by atoms with Crippen LogP contribution in [-0.4, -0.2) is 48.6 Å². The van der Waals surface area contributed by atoms with Crippen molar-refractivity contribution in [3.8, 4) is 28.2 Å². The predicted octanol–water partition coefficient (Wildman–Crippen LogP) is 4.19. The number of H-pyrrole nitrogens is 1. The molecule has 0 fully saturated rings. The van der Waals surface area contributed by atoms with Crippen LogP contribution in [0.5, 0.6) is 0 Å². The molecule has 0 aliphatic rings. The highest BCUT2D eigenvalue weighted by atomic mass is 19.1. The van der Waals surface area contributed by atoms with E-state index in [1.807, 2.05) is 0 Å². The lowest BCUT2D eigenvalue weighted by Gasteiger charge is -2.15. The number of carbonyl (C=O) groups is 1. The van der Waals surface area contributed by atoms with Gasteiger partial charge in [0, 0.05) is 32.2 Å². The molecule has 0 aliphatic carbocycles. The molecule has 12 nitrogen and oxygen atoms in total. The van der Waals surface area contributed by atoms with Crippen LogP contribution in [0.1, 0.15) is 26.1 Å². The van der Waals surface area contributed by atoms with Crippen LogP contribution >= 0.6 is 0 Å². The molecule has 13 heteroatoms. The summed E-state index contributed by atoms with van der Waals surface area (Å²) in [5.74, 6) is -0.854. The van der Waals surface area contributed by atoms with Crippen molar-refractivity contribution in [1.29, 1.82) is 0 Å². The Morgan fingerprint density at radius 2 is 1.95 bits per heavy atom. The lowest BCUT2D eigenvalue weighted by molar-refractivity contribution is 0.102. The normalized spacial score (nSPS) is 12.7. The van der Waals surface area contributed by atoms with Crippen molar-refractivity contribution < 1.29 is 22.6 Å². The SMILES string of the molecule is [2H]C([2H])([2H])OCCn1c2c(C(=O)Nc3cccc(-c4ncc[nH]4)c3F)nc(C)cc2c(=O)n1-c1ccc(-c2c(C)on(C)c2=O)cc1. The Hall–Kier alpha value is -5.56. The number of anilines is 1. The van der Waals surface area contributed by atoms with E-state index >= 15 is 4.39 Å². The second-order valence-corrected chi connectivity index (χ2v) is 10.0. The zero-order valence-corrected chi connectivity index (χ0v) is 23.8. The Kier molecular flexibility index (Phi) is 6.40. The largest absolute Gasteiger partial charge is 0.383 e. The molecule has 0 aliphatic heterocycles. The first-order valence-electron chi connectivity index (χ1n) is 15.0. The fraction of sp³-hybridized carbons (Fsp3) is 0.194. The number of nitrogens with one attached hydrogen (secondary N) is 2. The fourth-order valence-electron chi connectivity index (χ4n) is 5.28. The van der Waals surface area contributed by atoms with Crippen molar-refractivity contribution >= 4 is 22.5 Å². The maximum absolute atomic E-state index is 15.5. The van der Waals surface area contributed by atoms with Crippen LogP contribution < -0.4 is 16.4 Å². The molecular weight excluding hydrogens is 569 g/mol. The molecule has 0 radical (unpaired) electrons. The molecule has 224 valence electrons. The topological polar surface area (TPSA) is 142 Å². The molecule has 0 atom stereocenters. The summed E-state index contributed by atoms with van der Waals surface area (Å²) in [6, 6.07) is 12.5. The van der Waals surface area contributed by atoms with Crippen LogP contribution in [-0.2, 0) is 18.3 Å². The monoisotopic (exact) mass is 600 g/mol. The van der Waals surface area contributed by atoms with Gasteiger partial charge in [-0.05, 0) is 49.7 Å². The minimum absolute atomic E-state index is 0.0819. The van der Waals surface area contributed by atoms with E-state index in [-0.39, 0.29) is 52.4 Å². The zero-order valence-electron chi connectivity index (χ0n) is 26.8. The maximum atomic E-state index is 15.5. The number of nitrogens with zero attached hydrogens (tertiary/aromatic N) is 5. The van der Waals surface area contributed by atoms with Gasteiger partial charge in [-0.1, -0.05) is 18.2 Å². The van der Waals surface area contributed by atoms with Gasteiger partial charge in [0.05, 0.1) is 45.2 Å². The van der Waals surface area contributed by atoms with E-state index in [4.69, 9.17) is 13.4 Å². The second kappa shape index (κ2) is 11.3. The lowest BCUT2D eigenvalue weighted by atomic mass is 10.1. The number of aromatic amines is 1. The number of halogens is 1. The third-order valence-electron chi connectivity index (χ3n) is 7.19. The van der Waals surface area contributed by atoms with Gasteiger partial charge in [-0.25, -0.2) is 19.0 Å². The van der Waals surface area contributed by atoms with Crippen LogP contribution in [0.4, 0.5) is 10.1 Å². The minimum atomic E-state index is -2.71. The molecule has 0 bridgehead atoms. The molecule has 6 rings (SSSR count). The lowest BCUT2D eigenvalue weighted by Crippen LogP contribution is -2.23. The highest BCUT2D eigenvalue weighted by Gasteiger charge is 2.25. The first-order chi connectivity index (χ1) is 22.3. The minimum Gasteiger partial charge on any atom is -0.383 e. The van der Waals surface area contributed by atoms with Crippen LogP contribution in [0, 0.1) is 19.7 Å². The average molecular weight is 601 g/mol. The van der Waals surface area contributed by atoms with E-state index in [0.717, 1.165) is 4.74 Å². The molecule has 0 saturated carbocycles. The van der Waals surface area contributed by atoms with E-state index in [9.17, 15) is 14.4 Å². The summed E-state index contributed by atoms with van der Waals surface area (Å²) in [6.07, 6.45) is 3.01. The number of pyridine rings is 1. The summed E-state index contributed by atoms with van der Waals surface area (Å²) in [7, 11) is -1.21. The smallest absolute Gasteiger partial charge is 0.290 e. The van der Waals surface area contributed by atoms with Crippen molar-refractivity contribution in [2.75, 3.05) is 19.0 Å². The number of rotatable bonds is 8. The number of hydrogen-bond acceptors (Lipinski definition) is 7. The van der Waals surface area contributed by atoms with Crippen molar-refractivity contribution in [2.45, 2.75) is 20.4 Å². The Balaban J connectivity index is 1.47. The molecule has 4 heterocycles. The average Bonchev–Trinajstić information content (AvgIpc) is 3.71. The number of aromatic nitrogens is 6. The molecule has 2 N–H and O–H groups in total. The number of carbonyl (C=O) groups excluding carboxylic acids is 1. The number of ether oxygens (including phenoxy) is 1. The summed E-state index contributed by atoms with van der Waals surface area (Å²) < 4.78 is 52.1. The summed E-state index contributed by atoms with van der Waals surface area (Å²) in [6.45, 7) is 2.75. The van der Waals surface area contributed by atoms with Crippen molar-refractivity contribution in [3.05, 3.63) is 105 Å². The van der Waals surface area contributed by atoms with Gasteiger partial charge in [-0.2, -0.15) is 4.74 Å². The van der Waals surface area contributed by atoms with Gasteiger partial charge >= 0.3 is 0 Å². The fourth-order valence-corrected chi connectivity index (χ4v) is 5.28. The third kappa shape index (κ3) is 4.82. The highest BCUT2D eigenvalue weighted by molar-refractivity contribution is 6.10. The van der Waals surface area contributed by atoms with Gasteiger partial charge in [-0.15, -0.1) is 0 Å². The van der Waals surface area contributed by atoms with Crippen molar-refractivity contribution in [3.63, 3.8) is 0 Å². The van der Waals surface area contributed by atoms with E-state index < -0.39 is 24.3 Å². The van der Waals surface area contributed by atoms with E-state index in [2.05, 4.69) is 20.3 Å². The molecule has 1 amide bonds. The van der Waals surface area contributed by atoms with Crippen molar-refractivity contribution in [2.24, 2.45) is 7.05 Å². The Morgan fingerprint density at radius 1 is 1.16 bits per heavy atom. The number of imidazole rings is 1.